The van der Waals surface area contributed by atoms with Crippen LogP contribution in [0.15, 0.2) is 40.5 Å². The molecular weight excluding hydrogens is 236 g/mol. The smallest absolute Gasteiger partial charge is 0.269 e. The van der Waals surface area contributed by atoms with E-state index in [1.807, 2.05) is 18.4 Å². The van der Waals surface area contributed by atoms with Crippen LogP contribution in [-0.4, -0.2) is 17.3 Å². The highest BCUT2D eigenvalue weighted by molar-refractivity contribution is 7.98. The number of hydrogen-bond donors (Lipinski definition) is 2. The van der Waals surface area contributed by atoms with Gasteiger partial charge >= 0.3 is 0 Å². The minimum absolute atomic E-state index is 0.277. The Morgan fingerprint density at radius 2 is 2.12 bits per heavy atom. The van der Waals surface area contributed by atoms with E-state index in [-0.39, 0.29) is 11.3 Å². The molecule has 0 radical (unpaired) electrons. The van der Waals surface area contributed by atoms with Gasteiger partial charge in [-0.1, -0.05) is 12.1 Å². The number of thioether (sulfide) groups is 1. The fourth-order valence-electron chi connectivity index (χ4n) is 1.23. The van der Waals surface area contributed by atoms with E-state index < -0.39 is 5.91 Å². The van der Waals surface area contributed by atoms with Crippen LogP contribution in [0.5, 0.6) is 0 Å². The number of carbonyl (C=O) groups is 1. The molecule has 2 N–H and O–H groups in total. The predicted octanol–water partition coefficient (Wildman–Crippen LogP) is 2.70. The second-order valence-electron chi connectivity index (χ2n) is 3.23. The summed E-state index contributed by atoms with van der Waals surface area (Å²) in [6.07, 6.45) is 1.89. The molecule has 88 valence electrons. The first kappa shape index (κ1) is 13.1. The molecule has 0 aromatic heterocycles. The standard InChI is InChI=1S/C12H12N2O2S/c1-8(15)9(7-13)12(16)14-10-5-3-4-6-11(10)17-2/h3-6,15H,1-2H3,(H,14,16)/b9-8+. The lowest BCUT2D eigenvalue weighted by molar-refractivity contribution is -0.112. The van der Waals surface area contributed by atoms with E-state index in [0.717, 1.165) is 4.90 Å². The zero-order valence-electron chi connectivity index (χ0n) is 9.52. The minimum Gasteiger partial charge on any atom is -0.511 e. The van der Waals surface area contributed by atoms with Crippen LogP contribution >= 0.6 is 11.8 Å². The summed E-state index contributed by atoms with van der Waals surface area (Å²) >= 11 is 1.49. The topological polar surface area (TPSA) is 73.1 Å². The van der Waals surface area contributed by atoms with Gasteiger partial charge in [-0.2, -0.15) is 5.26 Å². The SMILES string of the molecule is CSc1ccccc1NC(=O)/C(C#N)=C(\C)O. The van der Waals surface area contributed by atoms with Crippen LogP contribution in [0.1, 0.15) is 6.92 Å². The second-order valence-corrected chi connectivity index (χ2v) is 4.07. The number of anilines is 1. The van der Waals surface area contributed by atoms with Gasteiger partial charge in [0.25, 0.3) is 5.91 Å². The van der Waals surface area contributed by atoms with E-state index in [4.69, 9.17) is 5.26 Å². The Morgan fingerprint density at radius 3 is 2.65 bits per heavy atom. The van der Waals surface area contributed by atoms with Crippen molar-refractivity contribution in [3.8, 4) is 6.07 Å². The van der Waals surface area contributed by atoms with Gasteiger partial charge in [0.15, 0.2) is 5.57 Å². The van der Waals surface area contributed by atoms with E-state index in [9.17, 15) is 9.90 Å². The fourth-order valence-corrected chi connectivity index (χ4v) is 1.78. The molecule has 0 aliphatic carbocycles. The van der Waals surface area contributed by atoms with Crippen LogP contribution in [0, 0.1) is 11.3 Å². The average molecular weight is 248 g/mol. The molecule has 4 nitrogen and oxygen atoms in total. The third-order valence-electron chi connectivity index (χ3n) is 2.06. The Balaban J connectivity index is 2.97. The van der Waals surface area contributed by atoms with Crippen molar-refractivity contribution in [3.63, 3.8) is 0 Å². The number of nitriles is 1. The van der Waals surface area contributed by atoms with E-state index in [1.165, 1.54) is 18.7 Å². The summed E-state index contributed by atoms with van der Waals surface area (Å²) in [4.78, 5) is 12.6. The third-order valence-corrected chi connectivity index (χ3v) is 2.85. The first-order valence-electron chi connectivity index (χ1n) is 4.84. The Morgan fingerprint density at radius 1 is 1.47 bits per heavy atom. The van der Waals surface area contributed by atoms with E-state index in [2.05, 4.69) is 5.32 Å². The van der Waals surface area contributed by atoms with Crippen LogP contribution in [0.2, 0.25) is 0 Å². The van der Waals surface area contributed by atoms with Crippen molar-refractivity contribution >= 4 is 23.4 Å². The van der Waals surface area contributed by atoms with Crippen LogP contribution in [0.4, 0.5) is 5.69 Å². The van der Waals surface area contributed by atoms with Crippen LogP contribution in [0.25, 0.3) is 0 Å². The summed E-state index contributed by atoms with van der Waals surface area (Å²) in [5.41, 5.74) is 0.347. The average Bonchev–Trinajstić information content (AvgIpc) is 2.30. The molecule has 1 aromatic rings. The molecule has 0 unspecified atom stereocenters. The lowest BCUT2D eigenvalue weighted by Gasteiger charge is -2.08. The lowest BCUT2D eigenvalue weighted by Crippen LogP contribution is -2.15. The number of nitrogens with one attached hydrogen (secondary N) is 1. The maximum absolute atomic E-state index is 11.7. The Hall–Kier alpha value is -1.93. The molecule has 0 aliphatic heterocycles. The molecule has 0 bridgehead atoms. The Bertz CT molecular complexity index is 499. The van der Waals surface area contributed by atoms with Crippen LogP contribution in [0.3, 0.4) is 0 Å². The van der Waals surface area contributed by atoms with E-state index in [0.29, 0.717) is 5.69 Å². The number of amides is 1. The van der Waals surface area contributed by atoms with E-state index in [1.54, 1.807) is 18.2 Å². The van der Waals surface area contributed by atoms with Gasteiger partial charge < -0.3 is 10.4 Å². The number of hydrogen-bond acceptors (Lipinski definition) is 4. The van der Waals surface area contributed by atoms with Gasteiger partial charge in [0, 0.05) is 4.90 Å². The van der Waals surface area contributed by atoms with Gasteiger partial charge in [-0.25, -0.2) is 0 Å². The molecule has 0 saturated heterocycles. The lowest BCUT2D eigenvalue weighted by atomic mass is 10.2. The van der Waals surface area contributed by atoms with Gasteiger partial charge in [-0.05, 0) is 25.3 Å². The van der Waals surface area contributed by atoms with Crippen LogP contribution in [-0.2, 0) is 4.79 Å². The highest BCUT2D eigenvalue weighted by atomic mass is 32.2. The number of allylic oxidation sites excluding steroid dienone is 1. The molecule has 5 heteroatoms. The second kappa shape index (κ2) is 5.97. The van der Waals surface area contributed by atoms with Gasteiger partial charge in [-0.15, -0.1) is 11.8 Å². The van der Waals surface area contributed by atoms with Gasteiger partial charge in [0.1, 0.15) is 11.8 Å². The maximum atomic E-state index is 11.7. The molecule has 1 rings (SSSR count). The summed E-state index contributed by atoms with van der Waals surface area (Å²) < 4.78 is 0. The first-order chi connectivity index (χ1) is 8.10. The molecule has 17 heavy (non-hydrogen) atoms. The zero-order chi connectivity index (χ0) is 12.8. The largest absolute Gasteiger partial charge is 0.511 e. The molecule has 0 fully saturated rings. The number of carbonyl (C=O) groups excluding carboxylic acids is 1. The molecule has 1 amide bonds. The highest BCUT2D eigenvalue weighted by Gasteiger charge is 2.13. The van der Waals surface area contributed by atoms with Crippen molar-refractivity contribution < 1.29 is 9.90 Å². The quantitative estimate of drug-likeness (QED) is 0.373. The normalized spacial score (nSPS) is 11.4. The number of benzene rings is 1. The number of aliphatic hydroxyl groups excluding tert-OH is 1. The summed E-state index contributed by atoms with van der Waals surface area (Å²) in [5.74, 6) is -0.888. The van der Waals surface area contributed by atoms with Crippen molar-refractivity contribution in [1.82, 2.24) is 0 Å². The van der Waals surface area contributed by atoms with Crippen molar-refractivity contribution in [1.29, 1.82) is 5.26 Å². The molecule has 0 atom stereocenters. The highest BCUT2D eigenvalue weighted by Crippen LogP contribution is 2.25. The zero-order valence-corrected chi connectivity index (χ0v) is 10.3. The Kier molecular flexibility index (Phi) is 4.61. The fraction of sp³-hybridized carbons (Fsp3) is 0.167. The monoisotopic (exact) mass is 248 g/mol. The molecule has 0 saturated carbocycles. The molecular formula is C12H12N2O2S. The maximum Gasteiger partial charge on any atom is 0.269 e. The van der Waals surface area contributed by atoms with Crippen molar-refractivity contribution in [3.05, 3.63) is 35.6 Å². The first-order valence-corrected chi connectivity index (χ1v) is 6.07. The summed E-state index contributed by atoms with van der Waals surface area (Å²) in [7, 11) is 0. The molecule has 1 aromatic carbocycles. The Labute approximate surface area is 104 Å². The van der Waals surface area contributed by atoms with Gasteiger partial charge in [0.2, 0.25) is 0 Å². The number of para-hydroxylation sites is 1. The number of nitrogens with zero attached hydrogens (tertiary/aromatic N) is 1. The van der Waals surface area contributed by atoms with E-state index >= 15 is 0 Å². The van der Waals surface area contributed by atoms with Crippen LogP contribution < -0.4 is 5.32 Å². The summed E-state index contributed by atoms with van der Waals surface area (Å²) in [6.45, 7) is 1.30. The van der Waals surface area contributed by atoms with Gasteiger partial charge in [-0.3, -0.25) is 4.79 Å². The number of aliphatic hydroxyl groups is 1. The molecule has 0 aliphatic rings. The van der Waals surface area contributed by atoms with Crippen molar-refractivity contribution in [2.75, 3.05) is 11.6 Å². The van der Waals surface area contributed by atoms with Gasteiger partial charge in [0.05, 0.1) is 5.69 Å². The molecule has 0 spiro atoms. The predicted molar refractivity (Wildman–Crippen MR) is 67.8 cm³/mol. The minimum atomic E-state index is -0.603. The molecule has 0 heterocycles. The summed E-state index contributed by atoms with van der Waals surface area (Å²) in [5, 5.41) is 20.5. The van der Waals surface area contributed by atoms with Crippen molar-refractivity contribution in [2.45, 2.75) is 11.8 Å². The third kappa shape index (κ3) is 3.26. The summed E-state index contributed by atoms with van der Waals surface area (Å²) in [6, 6.07) is 8.92. The van der Waals surface area contributed by atoms with Crippen molar-refractivity contribution in [2.24, 2.45) is 0 Å². The number of rotatable bonds is 3.